The SMILES string of the molecule is CC(NS(=O)(=O)c1ccc(C(=O)O)c(Cl)c1)C1CCC1. The summed E-state index contributed by atoms with van der Waals surface area (Å²) in [7, 11) is -3.67. The molecular formula is C13H16ClNO4S. The number of halogens is 1. The van der Waals surface area contributed by atoms with Crippen LogP contribution in [0.4, 0.5) is 0 Å². The molecule has 2 N–H and O–H groups in total. The third-order valence-electron chi connectivity index (χ3n) is 3.68. The van der Waals surface area contributed by atoms with Gasteiger partial charge in [-0.3, -0.25) is 0 Å². The molecule has 0 bridgehead atoms. The van der Waals surface area contributed by atoms with Gasteiger partial charge in [0.25, 0.3) is 0 Å². The molecule has 0 aliphatic heterocycles. The van der Waals surface area contributed by atoms with Crippen LogP contribution in [0.3, 0.4) is 0 Å². The first-order chi connectivity index (χ1) is 9.31. The fourth-order valence-electron chi connectivity index (χ4n) is 2.19. The van der Waals surface area contributed by atoms with Gasteiger partial charge >= 0.3 is 5.97 Å². The van der Waals surface area contributed by atoms with E-state index in [0.29, 0.717) is 5.92 Å². The predicted molar refractivity (Wildman–Crippen MR) is 75.5 cm³/mol. The van der Waals surface area contributed by atoms with Crippen LogP contribution in [0.1, 0.15) is 36.5 Å². The van der Waals surface area contributed by atoms with Gasteiger partial charge in [0, 0.05) is 6.04 Å². The van der Waals surface area contributed by atoms with Gasteiger partial charge in [-0.05, 0) is 43.9 Å². The van der Waals surface area contributed by atoms with Crippen molar-refractivity contribution in [2.75, 3.05) is 0 Å². The van der Waals surface area contributed by atoms with Crippen molar-refractivity contribution in [1.29, 1.82) is 0 Å². The Kier molecular flexibility index (Phi) is 4.36. The monoisotopic (exact) mass is 317 g/mol. The first kappa shape index (κ1) is 15.3. The van der Waals surface area contributed by atoms with Crippen LogP contribution in [0.25, 0.3) is 0 Å². The molecule has 20 heavy (non-hydrogen) atoms. The molecule has 5 nitrogen and oxygen atoms in total. The van der Waals surface area contributed by atoms with Gasteiger partial charge in [0.1, 0.15) is 0 Å². The lowest BCUT2D eigenvalue weighted by atomic mass is 9.81. The molecule has 0 spiro atoms. The largest absolute Gasteiger partial charge is 0.478 e. The summed E-state index contributed by atoms with van der Waals surface area (Å²) in [4.78, 5) is 10.8. The number of hydrogen-bond acceptors (Lipinski definition) is 3. The van der Waals surface area contributed by atoms with E-state index in [0.717, 1.165) is 19.3 Å². The second kappa shape index (κ2) is 5.71. The molecule has 1 aliphatic carbocycles. The standard InChI is InChI=1S/C13H16ClNO4S/c1-8(9-3-2-4-9)15-20(18,19)10-5-6-11(13(16)17)12(14)7-10/h5-9,15H,2-4H2,1H3,(H,16,17). The number of rotatable bonds is 5. The van der Waals surface area contributed by atoms with E-state index in [1.165, 1.54) is 18.2 Å². The zero-order valence-corrected chi connectivity index (χ0v) is 12.5. The van der Waals surface area contributed by atoms with Crippen molar-refractivity contribution in [3.8, 4) is 0 Å². The van der Waals surface area contributed by atoms with Gasteiger partial charge in [-0.25, -0.2) is 17.9 Å². The highest BCUT2D eigenvalue weighted by molar-refractivity contribution is 7.89. The van der Waals surface area contributed by atoms with E-state index in [1.807, 2.05) is 6.92 Å². The molecule has 1 aliphatic rings. The van der Waals surface area contributed by atoms with Crippen molar-refractivity contribution in [3.05, 3.63) is 28.8 Å². The summed E-state index contributed by atoms with van der Waals surface area (Å²) in [5.74, 6) is -0.812. The lowest BCUT2D eigenvalue weighted by Crippen LogP contribution is -2.40. The first-order valence-corrected chi connectivity index (χ1v) is 8.22. The molecule has 110 valence electrons. The van der Waals surface area contributed by atoms with Crippen LogP contribution in [0.2, 0.25) is 5.02 Å². The fraction of sp³-hybridized carbons (Fsp3) is 0.462. The summed E-state index contributed by atoms with van der Waals surface area (Å²) >= 11 is 5.79. The molecule has 1 aromatic carbocycles. The molecule has 1 unspecified atom stereocenters. The van der Waals surface area contributed by atoms with E-state index in [2.05, 4.69) is 4.72 Å². The van der Waals surface area contributed by atoms with Crippen LogP contribution in [-0.4, -0.2) is 25.5 Å². The Balaban J connectivity index is 2.20. The van der Waals surface area contributed by atoms with E-state index in [4.69, 9.17) is 16.7 Å². The maximum Gasteiger partial charge on any atom is 0.337 e. The maximum absolute atomic E-state index is 12.2. The average Bonchev–Trinajstić information content (AvgIpc) is 2.24. The summed E-state index contributed by atoms with van der Waals surface area (Å²) in [6, 6.07) is 3.49. The molecule has 1 saturated carbocycles. The van der Waals surface area contributed by atoms with Crippen LogP contribution in [-0.2, 0) is 10.0 Å². The smallest absolute Gasteiger partial charge is 0.337 e. The average molecular weight is 318 g/mol. The number of carboxylic acids is 1. The highest BCUT2D eigenvalue weighted by atomic mass is 35.5. The molecule has 0 radical (unpaired) electrons. The van der Waals surface area contributed by atoms with Crippen molar-refractivity contribution in [3.63, 3.8) is 0 Å². The maximum atomic E-state index is 12.2. The van der Waals surface area contributed by atoms with Gasteiger partial charge in [-0.15, -0.1) is 0 Å². The molecule has 1 atom stereocenters. The molecule has 0 saturated heterocycles. The third kappa shape index (κ3) is 3.13. The molecule has 7 heteroatoms. The van der Waals surface area contributed by atoms with Gasteiger partial charge in [0.05, 0.1) is 15.5 Å². The second-order valence-electron chi connectivity index (χ2n) is 5.05. The van der Waals surface area contributed by atoms with Gasteiger partial charge < -0.3 is 5.11 Å². The topological polar surface area (TPSA) is 83.5 Å². The second-order valence-corrected chi connectivity index (χ2v) is 7.17. The minimum Gasteiger partial charge on any atom is -0.478 e. The molecule has 2 rings (SSSR count). The van der Waals surface area contributed by atoms with E-state index >= 15 is 0 Å². The quantitative estimate of drug-likeness (QED) is 0.874. The lowest BCUT2D eigenvalue weighted by Gasteiger charge is -2.31. The van der Waals surface area contributed by atoms with E-state index in [-0.39, 0.29) is 21.5 Å². The normalized spacial score (nSPS) is 17.5. The Hall–Kier alpha value is -1.11. The number of nitrogens with one attached hydrogen (secondary N) is 1. The lowest BCUT2D eigenvalue weighted by molar-refractivity contribution is 0.0697. The number of sulfonamides is 1. The third-order valence-corrected chi connectivity index (χ3v) is 5.55. The molecule has 1 fully saturated rings. The van der Waals surface area contributed by atoms with Crippen LogP contribution in [0.5, 0.6) is 0 Å². The zero-order valence-electron chi connectivity index (χ0n) is 11.0. The Bertz CT molecular complexity index is 625. The van der Waals surface area contributed by atoms with Crippen molar-refractivity contribution < 1.29 is 18.3 Å². The van der Waals surface area contributed by atoms with Crippen molar-refractivity contribution >= 4 is 27.6 Å². The Labute approximate surface area is 123 Å². The minimum atomic E-state index is -3.67. The summed E-state index contributed by atoms with van der Waals surface area (Å²) in [6.45, 7) is 1.84. The van der Waals surface area contributed by atoms with E-state index in [1.54, 1.807) is 0 Å². The summed E-state index contributed by atoms with van der Waals surface area (Å²) in [5.41, 5.74) is -0.113. The number of benzene rings is 1. The van der Waals surface area contributed by atoms with Crippen molar-refractivity contribution in [2.45, 2.75) is 37.1 Å². The van der Waals surface area contributed by atoms with Crippen LogP contribution in [0, 0.1) is 5.92 Å². The molecular weight excluding hydrogens is 302 g/mol. The number of hydrogen-bond donors (Lipinski definition) is 2. The highest BCUT2D eigenvalue weighted by Gasteiger charge is 2.28. The van der Waals surface area contributed by atoms with Crippen molar-refractivity contribution in [1.82, 2.24) is 4.72 Å². The molecule has 1 aromatic rings. The highest BCUT2D eigenvalue weighted by Crippen LogP contribution is 2.30. The Morgan fingerprint density at radius 3 is 2.55 bits per heavy atom. The number of aromatic carboxylic acids is 1. The van der Waals surface area contributed by atoms with E-state index < -0.39 is 16.0 Å². The molecule has 0 amide bonds. The zero-order chi connectivity index (χ0) is 14.9. The Morgan fingerprint density at radius 1 is 1.45 bits per heavy atom. The summed E-state index contributed by atoms with van der Waals surface area (Å²) in [6.07, 6.45) is 3.20. The van der Waals surface area contributed by atoms with Gasteiger partial charge in [0.15, 0.2) is 0 Å². The Morgan fingerprint density at radius 2 is 2.10 bits per heavy atom. The predicted octanol–water partition coefficient (Wildman–Crippen LogP) is 2.51. The first-order valence-electron chi connectivity index (χ1n) is 6.36. The van der Waals surface area contributed by atoms with Gasteiger partial charge in [-0.2, -0.15) is 0 Å². The molecule has 0 aromatic heterocycles. The van der Waals surface area contributed by atoms with Gasteiger partial charge in [0.2, 0.25) is 10.0 Å². The fourth-order valence-corrected chi connectivity index (χ4v) is 3.85. The van der Waals surface area contributed by atoms with Crippen LogP contribution in [0.15, 0.2) is 23.1 Å². The summed E-state index contributed by atoms with van der Waals surface area (Å²) in [5, 5.41) is 8.78. The van der Waals surface area contributed by atoms with Crippen LogP contribution >= 0.6 is 11.6 Å². The van der Waals surface area contributed by atoms with E-state index in [9.17, 15) is 13.2 Å². The summed E-state index contributed by atoms with van der Waals surface area (Å²) < 4.78 is 27.0. The number of carboxylic acid groups (broad SMARTS) is 1. The van der Waals surface area contributed by atoms with Crippen molar-refractivity contribution in [2.24, 2.45) is 5.92 Å². The molecule has 0 heterocycles. The van der Waals surface area contributed by atoms with Gasteiger partial charge in [-0.1, -0.05) is 18.0 Å². The minimum absolute atomic E-state index is 0.0151. The van der Waals surface area contributed by atoms with Crippen LogP contribution < -0.4 is 4.72 Å². The number of carbonyl (C=O) groups is 1.